The predicted molar refractivity (Wildman–Crippen MR) is 91.5 cm³/mol. The Morgan fingerprint density at radius 1 is 0.957 bits per heavy atom. The molecule has 2 aromatic carbocycles. The molecule has 1 aliphatic heterocycles. The standard InChI is InChI=1S/C18H19FN4/c19-13-7-8-17-16(11-13)21-18(20)23(17)15-6-4-5-14(12-15)22-9-2-1-3-10-22/h4-8,11-12H,1-3,9-10H2,(H2,20,21). The summed E-state index contributed by atoms with van der Waals surface area (Å²) in [4.78, 5) is 6.68. The van der Waals surface area contributed by atoms with Crippen molar-refractivity contribution in [2.75, 3.05) is 23.7 Å². The molecule has 23 heavy (non-hydrogen) atoms. The molecule has 1 aromatic heterocycles. The van der Waals surface area contributed by atoms with E-state index in [1.807, 2.05) is 16.7 Å². The average Bonchev–Trinajstić information content (AvgIpc) is 2.90. The van der Waals surface area contributed by atoms with E-state index in [2.05, 4.69) is 22.0 Å². The minimum Gasteiger partial charge on any atom is -0.371 e. The van der Waals surface area contributed by atoms with Crippen molar-refractivity contribution in [2.24, 2.45) is 0 Å². The highest BCUT2D eigenvalue weighted by atomic mass is 19.1. The maximum atomic E-state index is 13.4. The second-order valence-electron chi connectivity index (χ2n) is 6.01. The highest BCUT2D eigenvalue weighted by Crippen LogP contribution is 2.27. The molecule has 1 aliphatic rings. The van der Waals surface area contributed by atoms with E-state index in [1.54, 1.807) is 6.07 Å². The SMILES string of the molecule is Nc1nc2cc(F)ccc2n1-c1cccc(N2CCCCC2)c1. The van der Waals surface area contributed by atoms with Gasteiger partial charge in [0.25, 0.3) is 0 Å². The van der Waals surface area contributed by atoms with Crippen LogP contribution < -0.4 is 10.6 Å². The van der Waals surface area contributed by atoms with Crippen molar-refractivity contribution in [3.63, 3.8) is 0 Å². The number of fused-ring (bicyclic) bond motifs is 1. The van der Waals surface area contributed by atoms with Crippen LogP contribution >= 0.6 is 0 Å². The number of halogens is 1. The normalized spacial score (nSPS) is 15.3. The summed E-state index contributed by atoms with van der Waals surface area (Å²) in [6.45, 7) is 2.18. The number of nitrogen functional groups attached to an aromatic ring is 1. The second kappa shape index (κ2) is 5.57. The highest BCUT2D eigenvalue weighted by Gasteiger charge is 2.14. The molecule has 0 unspecified atom stereocenters. The van der Waals surface area contributed by atoms with Crippen LogP contribution in [-0.4, -0.2) is 22.6 Å². The summed E-state index contributed by atoms with van der Waals surface area (Å²) in [5, 5.41) is 0. The van der Waals surface area contributed by atoms with Crippen LogP contribution in [0.15, 0.2) is 42.5 Å². The van der Waals surface area contributed by atoms with Crippen LogP contribution in [0, 0.1) is 5.82 Å². The quantitative estimate of drug-likeness (QED) is 0.784. The summed E-state index contributed by atoms with van der Waals surface area (Å²) >= 11 is 0. The number of rotatable bonds is 2. The maximum Gasteiger partial charge on any atom is 0.205 e. The van der Waals surface area contributed by atoms with Crippen molar-refractivity contribution in [3.05, 3.63) is 48.3 Å². The largest absolute Gasteiger partial charge is 0.371 e. The van der Waals surface area contributed by atoms with Gasteiger partial charge in [-0.25, -0.2) is 9.37 Å². The fourth-order valence-electron chi connectivity index (χ4n) is 3.32. The molecule has 1 saturated heterocycles. The first kappa shape index (κ1) is 14.1. The molecule has 3 aromatic rings. The molecule has 4 rings (SSSR count). The number of hydrogen-bond acceptors (Lipinski definition) is 3. The summed E-state index contributed by atoms with van der Waals surface area (Å²) in [5.41, 5.74) is 9.63. The number of hydrogen-bond donors (Lipinski definition) is 1. The second-order valence-corrected chi connectivity index (χ2v) is 6.01. The Labute approximate surface area is 134 Å². The topological polar surface area (TPSA) is 47.1 Å². The Kier molecular flexibility index (Phi) is 3.41. The third kappa shape index (κ3) is 2.52. The summed E-state index contributed by atoms with van der Waals surface area (Å²) < 4.78 is 15.3. The predicted octanol–water partition coefficient (Wildman–Crippen LogP) is 3.74. The molecule has 0 atom stereocenters. The van der Waals surface area contributed by atoms with Crippen molar-refractivity contribution in [2.45, 2.75) is 19.3 Å². The lowest BCUT2D eigenvalue weighted by Crippen LogP contribution is -2.29. The molecule has 0 saturated carbocycles. The van der Waals surface area contributed by atoms with Gasteiger partial charge in [-0.1, -0.05) is 6.07 Å². The van der Waals surface area contributed by atoms with E-state index < -0.39 is 0 Å². The Bertz CT molecular complexity index is 849. The monoisotopic (exact) mass is 310 g/mol. The zero-order valence-electron chi connectivity index (χ0n) is 12.9. The van der Waals surface area contributed by atoms with Gasteiger partial charge in [0.05, 0.1) is 16.7 Å². The van der Waals surface area contributed by atoms with Crippen molar-refractivity contribution in [3.8, 4) is 5.69 Å². The van der Waals surface area contributed by atoms with Gasteiger partial charge in [-0.2, -0.15) is 0 Å². The fourth-order valence-corrected chi connectivity index (χ4v) is 3.32. The Morgan fingerprint density at radius 3 is 2.57 bits per heavy atom. The van der Waals surface area contributed by atoms with Crippen molar-refractivity contribution >= 4 is 22.7 Å². The number of anilines is 2. The lowest BCUT2D eigenvalue weighted by atomic mass is 10.1. The van der Waals surface area contributed by atoms with Crippen LogP contribution in [0.1, 0.15) is 19.3 Å². The van der Waals surface area contributed by atoms with Gasteiger partial charge in [-0.05, 0) is 49.6 Å². The number of imidazole rings is 1. The van der Waals surface area contributed by atoms with E-state index in [9.17, 15) is 4.39 Å². The van der Waals surface area contributed by atoms with Crippen LogP contribution in [0.3, 0.4) is 0 Å². The number of nitrogens with two attached hydrogens (primary N) is 1. The molecule has 4 nitrogen and oxygen atoms in total. The van der Waals surface area contributed by atoms with Gasteiger partial charge in [-0.3, -0.25) is 4.57 Å². The van der Waals surface area contributed by atoms with Crippen molar-refractivity contribution in [1.29, 1.82) is 0 Å². The zero-order valence-corrected chi connectivity index (χ0v) is 12.9. The summed E-state index contributed by atoms with van der Waals surface area (Å²) in [7, 11) is 0. The maximum absolute atomic E-state index is 13.4. The molecule has 0 spiro atoms. The molecule has 1 fully saturated rings. The van der Waals surface area contributed by atoms with E-state index in [1.165, 1.54) is 37.1 Å². The number of aromatic nitrogens is 2. The number of nitrogens with zero attached hydrogens (tertiary/aromatic N) is 3. The first-order valence-corrected chi connectivity index (χ1v) is 8.01. The van der Waals surface area contributed by atoms with Crippen molar-refractivity contribution < 1.29 is 4.39 Å². The van der Waals surface area contributed by atoms with Crippen LogP contribution in [0.4, 0.5) is 16.0 Å². The Morgan fingerprint density at radius 2 is 1.74 bits per heavy atom. The first-order valence-electron chi connectivity index (χ1n) is 8.01. The summed E-state index contributed by atoms with van der Waals surface area (Å²) in [6, 6.07) is 12.9. The van der Waals surface area contributed by atoms with Crippen LogP contribution in [0.5, 0.6) is 0 Å². The fraction of sp³-hybridized carbons (Fsp3) is 0.278. The van der Waals surface area contributed by atoms with Gasteiger partial charge in [0.2, 0.25) is 5.95 Å². The molecule has 2 heterocycles. The molecule has 5 heteroatoms. The van der Waals surface area contributed by atoms with Gasteiger partial charge in [0.15, 0.2) is 0 Å². The highest BCUT2D eigenvalue weighted by molar-refractivity contribution is 5.81. The van der Waals surface area contributed by atoms with Gasteiger partial charge in [0.1, 0.15) is 5.82 Å². The molecule has 0 amide bonds. The minimum atomic E-state index is -0.302. The van der Waals surface area contributed by atoms with Crippen LogP contribution in [-0.2, 0) is 0 Å². The third-order valence-electron chi connectivity index (χ3n) is 4.45. The van der Waals surface area contributed by atoms with Gasteiger partial charge >= 0.3 is 0 Å². The van der Waals surface area contributed by atoms with Crippen molar-refractivity contribution in [1.82, 2.24) is 9.55 Å². The van der Waals surface area contributed by atoms with E-state index in [0.717, 1.165) is 24.3 Å². The average molecular weight is 310 g/mol. The lowest BCUT2D eigenvalue weighted by molar-refractivity contribution is 0.578. The number of benzene rings is 2. The minimum absolute atomic E-state index is 0.302. The summed E-state index contributed by atoms with van der Waals surface area (Å²) in [6.07, 6.45) is 3.78. The van der Waals surface area contributed by atoms with Crippen LogP contribution in [0.25, 0.3) is 16.7 Å². The molecule has 118 valence electrons. The van der Waals surface area contributed by atoms with E-state index >= 15 is 0 Å². The molecular formula is C18H19FN4. The van der Waals surface area contributed by atoms with E-state index in [0.29, 0.717) is 11.5 Å². The first-order chi connectivity index (χ1) is 11.2. The summed E-state index contributed by atoms with van der Waals surface area (Å²) in [5.74, 6) is 0.0746. The zero-order chi connectivity index (χ0) is 15.8. The molecule has 2 N–H and O–H groups in total. The smallest absolute Gasteiger partial charge is 0.205 e. The van der Waals surface area contributed by atoms with Crippen LogP contribution in [0.2, 0.25) is 0 Å². The van der Waals surface area contributed by atoms with Gasteiger partial charge < -0.3 is 10.6 Å². The van der Waals surface area contributed by atoms with Gasteiger partial charge in [-0.15, -0.1) is 0 Å². The molecule has 0 bridgehead atoms. The third-order valence-corrected chi connectivity index (χ3v) is 4.45. The van der Waals surface area contributed by atoms with Gasteiger partial charge in [0, 0.05) is 24.8 Å². The number of piperidine rings is 1. The molecule has 0 radical (unpaired) electrons. The lowest BCUT2D eigenvalue weighted by Gasteiger charge is -2.29. The van der Waals surface area contributed by atoms with E-state index in [-0.39, 0.29) is 5.82 Å². The Balaban J connectivity index is 1.80. The van der Waals surface area contributed by atoms with E-state index in [4.69, 9.17) is 5.73 Å². The Hall–Kier alpha value is -2.56. The molecular weight excluding hydrogens is 291 g/mol. The molecule has 0 aliphatic carbocycles.